The molecule has 0 unspecified atom stereocenters. The van der Waals surface area contributed by atoms with E-state index in [-0.39, 0.29) is 35.5 Å². The van der Waals surface area contributed by atoms with Gasteiger partial charge in [-0.05, 0) is 49.2 Å². The van der Waals surface area contributed by atoms with Gasteiger partial charge in [-0.15, -0.1) is 0 Å². The van der Waals surface area contributed by atoms with Crippen molar-refractivity contribution in [3.8, 4) is 5.69 Å². The van der Waals surface area contributed by atoms with Crippen molar-refractivity contribution in [2.75, 3.05) is 18.4 Å². The summed E-state index contributed by atoms with van der Waals surface area (Å²) in [7, 11) is -3.62. The van der Waals surface area contributed by atoms with E-state index in [9.17, 15) is 17.6 Å². The number of hydrogen-bond donors (Lipinski definition) is 1. The summed E-state index contributed by atoms with van der Waals surface area (Å²) in [5, 5.41) is 6.72. The molecule has 0 atom stereocenters. The second kappa shape index (κ2) is 8.33. The summed E-state index contributed by atoms with van der Waals surface area (Å²) in [6, 6.07) is 9.17. The van der Waals surface area contributed by atoms with Gasteiger partial charge >= 0.3 is 0 Å². The van der Waals surface area contributed by atoms with Crippen LogP contribution in [0.1, 0.15) is 12.8 Å². The van der Waals surface area contributed by atoms with Crippen LogP contribution >= 0.6 is 0 Å². The molecule has 3 heterocycles. The highest BCUT2D eigenvalue weighted by Crippen LogP contribution is 2.25. The third-order valence-corrected chi connectivity index (χ3v) is 6.95. The zero-order chi connectivity index (χ0) is 21.1. The molecule has 8 nitrogen and oxygen atoms in total. The van der Waals surface area contributed by atoms with Gasteiger partial charge in [-0.25, -0.2) is 17.5 Å². The summed E-state index contributed by atoms with van der Waals surface area (Å²) >= 11 is 0. The lowest BCUT2D eigenvalue weighted by Crippen LogP contribution is -2.41. The topological polar surface area (TPSA) is 97.2 Å². The predicted octanol–water partition coefficient (Wildman–Crippen LogP) is 2.45. The van der Waals surface area contributed by atoms with Crippen molar-refractivity contribution in [3.05, 3.63) is 67.0 Å². The quantitative estimate of drug-likeness (QED) is 0.672. The van der Waals surface area contributed by atoms with Gasteiger partial charge in [-0.1, -0.05) is 0 Å². The molecular weight excluding hydrogens is 409 g/mol. The maximum absolute atomic E-state index is 14.4. The van der Waals surface area contributed by atoms with Crippen molar-refractivity contribution in [3.63, 3.8) is 0 Å². The maximum atomic E-state index is 14.4. The summed E-state index contributed by atoms with van der Waals surface area (Å²) in [4.78, 5) is 16.6. The number of amides is 1. The molecule has 1 aromatic carbocycles. The van der Waals surface area contributed by atoms with Crippen molar-refractivity contribution in [2.24, 2.45) is 5.92 Å². The molecule has 10 heteroatoms. The van der Waals surface area contributed by atoms with Gasteiger partial charge < -0.3 is 5.32 Å². The molecule has 0 radical (unpaired) electrons. The summed E-state index contributed by atoms with van der Waals surface area (Å²) in [5.74, 6) is -1.10. The fourth-order valence-electron chi connectivity index (χ4n) is 3.43. The van der Waals surface area contributed by atoms with Gasteiger partial charge in [-0.2, -0.15) is 9.40 Å². The minimum atomic E-state index is -3.62. The Morgan fingerprint density at radius 3 is 2.57 bits per heavy atom. The van der Waals surface area contributed by atoms with E-state index in [1.165, 1.54) is 33.5 Å². The van der Waals surface area contributed by atoms with Crippen LogP contribution in [0.25, 0.3) is 5.69 Å². The van der Waals surface area contributed by atoms with Gasteiger partial charge in [0.2, 0.25) is 15.9 Å². The molecule has 3 aromatic rings. The third kappa shape index (κ3) is 4.10. The molecule has 1 aliphatic heterocycles. The number of nitrogens with one attached hydrogen (secondary N) is 1. The van der Waals surface area contributed by atoms with Crippen LogP contribution in [0.15, 0.2) is 66.1 Å². The second-order valence-corrected chi connectivity index (χ2v) is 8.91. The van der Waals surface area contributed by atoms with Crippen molar-refractivity contribution in [1.82, 2.24) is 19.1 Å². The summed E-state index contributed by atoms with van der Waals surface area (Å²) < 4.78 is 42.4. The van der Waals surface area contributed by atoms with Crippen LogP contribution in [-0.4, -0.2) is 46.5 Å². The van der Waals surface area contributed by atoms with E-state index >= 15 is 0 Å². The lowest BCUT2D eigenvalue weighted by Gasteiger charge is -2.30. The number of aromatic nitrogens is 3. The molecule has 1 aliphatic rings. The van der Waals surface area contributed by atoms with E-state index in [0.29, 0.717) is 18.5 Å². The van der Waals surface area contributed by atoms with Crippen LogP contribution in [0, 0.1) is 11.7 Å². The average Bonchev–Trinajstić information content (AvgIpc) is 3.29. The largest absolute Gasteiger partial charge is 0.326 e. The Kier molecular flexibility index (Phi) is 5.60. The van der Waals surface area contributed by atoms with Crippen LogP contribution in [0.5, 0.6) is 0 Å². The molecular formula is C20H20FN5O3S. The van der Waals surface area contributed by atoms with Crippen LogP contribution in [0.2, 0.25) is 0 Å². The number of hydrogen-bond acceptors (Lipinski definition) is 5. The molecule has 2 aromatic heterocycles. The van der Waals surface area contributed by atoms with Gasteiger partial charge in [0, 0.05) is 49.5 Å². The minimum Gasteiger partial charge on any atom is -0.326 e. The monoisotopic (exact) mass is 429 g/mol. The van der Waals surface area contributed by atoms with Crippen molar-refractivity contribution in [2.45, 2.75) is 17.7 Å². The summed E-state index contributed by atoms with van der Waals surface area (Å²) in [5.41, 5.74) is 0.630. The maximum Gasteiger partial charge on any atom is 0.244 e. The Hall–Kier alpha value is -3.11. The molecule has 0 spiro atoms. The molecule has 1 fully saturated rings. The number of pyridine rings is 1. The molecule has 156 valence electrons. The molecule has 1 N–H and O–H groups in total. The Balaban J connectivity index is 1.37. The number of anilines is 1. The summed E-state index contributed by atoms with van der Waals surface area (Å²) in [6.07, 6.45) is 6.79. The number of carbonyl (C=O) groups excluding carboxylic acids is 1. The smallest absolute Gasteiger partial charge is 0.244 e. The van der Waals surface area contributed by atoms with Gasteiger partial charge in [0.15, 0.2) is 5.82 Å². The first-order chi connectivity index (χ1) is 14.4. The molecule has 0 saturated carbocycles. The Morgan fingerprint density at radius 2 is 1.93 bits per heavy atom. The highest BCUT2D eigenvalue weighted by atomic mass is 32.2. The third-order valence-electron chi connectivity index (χ3n) is 5.06. The Morgan fingerprint density at radius 1 is 1.13 bits per heavy atom. The van der Waals surface area contributed by atoms with Crippen LogP contribution in [0.3, 0.4) is 0 Å². The standard InChI is InChI=1S/C20H20FN5O3S/c21-18-13-16(4-5-19(18)26-10-2-9-23-26)24-20(27)15-6-11-25(12-7-15)30(28,29)17-3-1-8-22-14-17/h1-5,8-10,13-15H,6-7,11-12H2,(H,24,27). The highest BCUT2D eigenvalue weighted by molar-refractivity contribution is 7.89. The lowest BCUT2D eigenvalue weighted by atomic mass is 9.97. The molecule has 0 aliphatic carbocycles. The number of carbonyl (C=O) groups is 1. The van der Waals surface area contributed by atoms with Gasteiger partial charge in [0.05, 0.1) is 0 Å². The van der Waals surface area contributed by atoms with Gasteiger partial charge in [0.25, 0.3) is 0 Å². The molecule has 4 rings (SSSR count). The van der Waals surface area contributed by atoms with E-state index < -0.39 is 15.8 Å². The fourth-order valence-corrected chi connectivity index (χ4v) is 4.87. The van der Waals surface area contributed by atoms with Crippen LogP contribution in [0.4, 0.5) is 10.1 Å². The first-order valence-electron chi connectivity index (χ1n) is 9.46. The van der Waals surface area contributed by atoms with Crippen LogP contribution < -0.4 is 5.32 Å². The van der Waals surface area contributed by atoms with Crippen molar-refractivity contribution < 1.29 is 17.6 Å². The normalized spacial score (nSPS) is 15.8. The van der Waals surface area contributed by atoms with E-state index in [4.69, 9.17) is 0 Å². The zero-order valence-electron chi connectivity index (χ0n) is 16.0. The second-order valence-electron chi connectivity index (χ2n) is 6.97. The molecule has 1 saturated heterocycles. The Labute approximate surface area is 173 Å². The number of benzene rings is 1. The summed E-state index contributed by atoms with van der Waals surface area (Å²) in [6.45, 7) is 0.476. The van der Waals surface area contributed by atoms with E-state index in [1.807, 2.05) is 0 Å². The van der Waals surface area contributed by atoms with E-state index in [0.717, 1.165) is 0 Å². The van der Waals surface area contributed by atoms with Crippen molar-refractivity contribution in [1.29, 1.82) is 0 Å². The SMILES string of the molecule is O=C(Nc1ccc(-n2cccn2)c(F)c1)C1CCN(S(=O)(=O)c2cccnc2)CC1. The Bertz CT molecular complexity index is 1130. The zero-order valence-corrected chi connectivity index (χ0v) is 16.8. The highest BCUT2D eigenvalue weighted by Gasteiger charge is 2.32. The number of halogens is 1. The van der Waals surface area contributed by atoms with Gasteiger partial charge in [0.1, 0.15) is 10.6 Å². The molecule has 30 heavy (non-hydrogen) atoms. The first-order valence-corrected chi connectivity index (χ1v) is 10.9. The molecule has 1 amide bonds. The van der Waals surface area contributed by atoms with Gasteiger partial charge in [-0.3, -0.25) is 9.78 Å². The number of piperidine rings is 1. The number of nitrogens with zero attached hydrogens (tertiary/aromatic N) is 4. The lowest BCUT2D eigenvalue weighted by molar-refractivity contribution is -0.120. The minimum absolute atomic E-state index is 0.139. The van der Waals surface area contributed by atoms with Crippen molar-refractivity contribution >= 4 is 21.6 Å². The van der Waals surface area contributed by atoms with E-state index in [1.54, 1.807) is 36.7 Å². The predicted molar refractivity (Wildman–Crippen MR) is 108 cm³/mol. The van der Waals surface area contributed by atoms with E-state index in [2.05, 4.69) is 15.4 Å². The average molecular weight is 429 g/mol. The number of rotatable bonds is 5. The van der Waals surface area contributed by atoms with Crippen LogP contribution in [-0.2, 0) is 14.8 Å². The first kappa shape index (κ1) is 20.2. The fraction of sp³-hybridized carbons (Fsp3) is 0.250. The molecule has 0 bridgehead atoms. The number of sulfonamides is 1.